The predicted octanol–water partition coefficient (Wildman–Crippen LogP) is 3.06. The standard InChI is InChI=1S/C26H29N4O9P/c1-3-35-26(33)16(2)29-40(34,39-17-8-5-4-6-9-17)37-14-20-22(31)23(32)25(38-20)30-12-11-18-21(19-10-7-13-36-19)27-15-28-24(18)30/h4-13,15-16,20,22-23,25,31-32H,3,14H2,1-2H3,(H,29,34)/t16-,20+,22+,23+,25+,40?/m0/s1. The number of carbonyl (C=O) groups excluding carboxylic acids is 1. The number of rotatable bonds is 11. The molecular weight excluding hydrogens is 543 g/mol. The zero-order chi connectivity index (χ0) is 28.3. The zero-order valence-electron chi connectivity index (χ0n) is 21.7. The van der Waals surface area contributed by atoms with Gasteiger partial charge in [0.1, 0.15) is 47.8 Å². The van der Waals surface area contributed by atoms with Crippen LogP contribution < -0.4 is 9.61 Å². The van der Waals surface area contributed by atoms with E-state index >= 15 is 0 Å². The van der Waals surface area contributed by atoms with Crippen LogP contribution in [0.4, 0.5) is 0 Å². The van der Waals surface area contributed by atoms with Gasteiger partial charge in [0.2, 0.25) is 0 Å². The van der Waals surface area contributed by atoms with E-state index in [1.54, 1.807) is 66.2 Å². The summed E-state index contributed by atoms with van der Waals surface area (Å²) in [7, 11) is -4.19. The van der Waals surface area contributed by atoms with E-state index in [0.717, 1.165) is 0 Å². The van der Waals surface area contributed by atoms with E-state index < -0.39 is 50.9 Å². The second-order valence-electron chi connectivity index (χ2n) is 9.01. The number of aliphatic hydroxyl groups is 2. The SMILES string of the molecule is CCOC(=O)[C@H](C)NP(=O)(OC[C@H]1O[C@@H](n2ccc3c(-c4ccco4)ncnc32)[C@H](O)[C@@H]1O)Oc1ccccc1. The van der Waals surface area contributed by atoms with Crippen molar-refractivity contribution in [3.8, 4) is 17.2 Å². The highest BCUT2D eigenvalue weighted by molar-refractivity contribution is 7.52. The maximum Gasteiger partial charge on any atom is 0.459 e. The summed E-state index contributed by atoms with van der Waals surface area (Å²) in [6, 6.07) is 12.5. The second-order valence-corrected chi connectivity index (χ2v) is 10.7. The maximum atomic E-state index is 13.7. The Morgan fingerprint density at radius 2 is 1.95 bits per heavy atom. The van der Waals surface area contributed by atoms with E-state index in [9.17, 15) is 19.6 Å². The first kappa shape index (κ1) is 28.0. The van der Waals surface area contributed by atoms with Crippen molar-refractivity contribution in [2.24, 2.45) is 0 Å². The predicted molar refractivity (Wildman–Crippen MR) is 141 cm³/mol. The van der Waals surface area contributed by atoms with Crippen LogP contribution in [0.25, 0.3) is 22.5 Å². The summed E-state index contributed by atoms with van der Waals surface area (Å²) < 4.78 is 42.9. The molecule has 0 spiro atoms. The first-order valence-corrected chi connectivity index (χ1v) is 14.1. The highest BCUT2D eigenvalue weighted by Gasteiger charge is 2.46. The van der Waals surface area contributed by atoms with E-state index in [2.05, 4.69) is 15.1 Å². The van der Waals surface area contributed by atoms with Crippen LogP contribution in [0.15, 0.2) is 71.7 Å². The van der Waals surface area contributed by atoms with Crippen LogP contribution in [0.3, 0.4) is 0 Å². The third kappa shape index (κ3) is 5.80. The number of nitrogens with zero attached hydrogens (tertiary/aromatic N) is 3. The minimum Gasteiger partial charge on any atom is -0.465 e. The Labute approximate surface area is 229 Å². The van der Waals surface area contributed by atoms with Crippen molar-refractivity contribution in [2.45, 2.75) is 44.4 Å². The number of ether oxygens (including phenoxy) is 2. The molecule has 3 aromatic heterocycles. The van der Waals surface area contributed by atoms with Gasteiger partial charge < -0.3 is 33.2 Å². The maximum absolute atomic E-state index is 13.7. The Morgan fingerprint density at radius 3 is 2.67 bits per heavy atom. The lowest BCUT2D eigenvalue weighted by Crippen LogP contribution is -2.37. The Bertz CT molecular complexity index is 1480. The summed E-state index contributed by atoms with van der Waals surface area (Å²) in [6.07, 6.45) is -0.358. The summed E-state index contributed by atoms with van der Waals surface area (Å²) in [6.45, 7) is 2.81. The summed E-state index contributed by atoms with van der Waals surface area (Å²) >= 11 is 0. The lowest BCUT2D eigenvalue weighted by atomic mass is 10.1. The number of hydrogen-bond acceptors (Lipinski definition) is 11. The van der Waals surface area contributed by atoms with Crippen molar-refractivity contribution in [3.05, 3.63) is 67.3 Å². The van der Waals surface area contributed by atoms with Crippen LogP contribution in [0.2, 0.25) is 0 Å². The lowest BCUT2D eigenvalue weighted by molar-refractivity contribution is -0.144. The quantitative estimate of drug-likeness (QED) is 0.178. The van der Waals surface area contributed by atoms with Gasteiger partial charge in [-0.25, -0.2) is 14.5 Å². The average Bonchev–Trinajstić information content (AvgIpc) is 3.69. The van der Waals surface area contributed by atoms with Gasteiger partial charge in [0.25, 0.3) is 0 Å². The number of esters is 1. The molecule has 0 bridgehead atoms. The van der Waals surface area contributed by atoms with Gasteiger partial charge in [0, 0.05) is 11.6 Å². The Balaban J connectivity index is 1.34. The van der Waals surface area contributed by atoms with Gasteiger partial charge in [-0.05, 0) is 44.2 Å². The third-order valence-electron chi connectivity index (χ3n) is 6.24. The van der Waals surface area contributed by atoms with Gasteiger partial charge in [-0.2, -0.15) is 5.09 Å². The summed E-state index contributed by atoms with van der Waals surface area (Å²) in [5, 5.41) is 24.9. The molecule has 0 aliphatic carbocycles. The molecule has 0 amide bonds. The molecule has 1 fully saturated rings. The monoisotopic (exact) mass is 572 g/mol. The van der Waals surface area contributed by atoms with Gasteiger partial charge >= 0.3 is 13.7 Å². The smallest absolute Gasteiger partial charge is 0.459 e. The number of aromatic nitrogens is 3. The molecule has 13 nitrogen and oxygen atoms in total. The number of carbonyl (C=O) groups is 1. The summed E-state index contributed by atoms with van der Waals surface area (Å²) in [4.78, 5) is 20.8. The van der Waals surface area contributed by atoms with Crippen molar-refractivity contribution in [1.29, 1.82) is 0 Å². The molecule has 1 unspecified atom stereocenters. The molecule has 4 aromatic rings. The number of fused-ring (bicyclic) bond motifs is 1. The fourth-order valence-electron chi connectivity index (χ4n) is 4.32. The molecule has 1 saturated heterocycles. The normalized spacial score (nSPS) is 23.1. The molecule has 4 heterocycles. The van der Waals surface area contributed by atoms with Crippen molar-refractivity contribution < 1.29 is 42.5 Å². The molecule has 40 heavy (non-hydrogen) atoms. The number of hydrogen-bond donors (Lipinski definition) is 3. The zero-order valence-corrected chi connectivity index (χ0v) is 22.6. The van der Waals surface area contributed by atoms with E-state index in [-0.39, 0.29) is 12.4 Å². The van der Waals surface area contributed by atoms with Crippen LogP contribution in [-0.4, -0.2) is 68.3 Å². The fourth-order valence-corrected chi connectivity index (χ4v) is 5.82. The number of nitrogens with one attached hydrogen (secondary N) is 1. The minimum atomic E-state index is -4.19. The molecule has 212 valence electrons. The van der Waals surface area contributed by atoms with Crippen molar-refractivity contribution in [1.82, 2.24) is 19.6 Å². The fraction of sp³-hybridized carbons (Fsp3) is 0.346. The van der Waals surface area contributed by atoms with Crippen LogP contribution in [0.5, 0.6) is 5.75 Å². The third-order valence-corrected chi connectivity index (χ3v) is 7.89. The lowest BCUT2D eigenvalue weighted by Gasteiger charge is -2.24. The number of benzene rings is 1. The number of aliphatic hydroxyl groups excluding tert-OH is 2. The van der Waals surface area contributed by atoms with Crippen LogP contribution >= 0.6 is 7.75 Å². The number of para-hydroxylation sites is 1. The molecule has 1 aliphatic heterocycles. The first-order chi connectivity index (χ1) is 19.3. The molecule has 0 saturated carbocycles. The van der Waals surface area contributed by atoms with Gasteiger partial charge in [0.05, 0.1) is 19.5 Å². The molecule has 3 N–H and O–H groups in total. The van der Waals surface area contributed by atoms with Crippen LogP contribution in [0, 0.1) is 0 Å². The van der Waals surface area contributed by atoms with Gasteiger partial charge in [0.15, 0.2) is 12.0 Å². The molecule has 5 rings (SSSR count). The average molecular weight is 573 g/mol. The second kappa shape index (κ2) is 11.9. The first-order valence-electron chi connectivity index (χ1n) is 12.6. The largest absolute Gasteiger partial charge is 0.465 e. The van der Waals surface area contributed by atoms with Gasteiger partial charge in [-0.3, -0.25) is 9.32 Å². The van der Waals surface area contributed by atoms with Crippen LogP contribution in [-0.2, 0) is 23.4 Å². The van der Waals surface area contributed by atoms with Crippen molar-refractivity contribution in [3.63, 3.8) is 0 Å². The molecule has 1 aliphatic rings. The minimum absolute atomic E-state index is 0.138. The molecular formula is C26H29N4O9P. The molecule has 0 radical (unpaired) electrons. The van der Waals surface area contributed by atoms with Crippen LogP contribution in [0.1, 0.15) is 20.1 Å². The van der Waals surface area contributed by atoms with E-state index in [1.165, 1.54) is 19.5 Å². The topological polar surface area (TPSA) is 167 Å². The molecule has 14 heteroatoms. The van der Waals surface area contributed by atoms with E-state index in [4.69, 9.17) is 22.9 Å². The molecule has 6 atom stereocenters. The summed E-state index contributed by atoms with van der Waals surface area (Å²) in [5.74, 6) is 0.125. The Morgan fingerprint density at radius 1 is 1.15 bits per heavy atom. The summed E-state index contributed by atoms with van der Waals surface area (Å²) in [5.41, 5.74) is 1.00. The van der Waals surface area contributed by atoms with Gasteiger partial charge in [-0.15, -0.1) is 0 Å². The Kier molecular flexibility index (Phi) is 8.31. The highest BCUT2D eigenvalue weighted by Crippen LogP contribution is 2.46. The van der Waals surface area contributed by atoms with E-state index in [1.807, 2.05) is 0 Å². The van der Waals surface area contributed by atoms with Crippen molar-refractivity contribution in [2.75, 3.05) is 13.2 Å². The number of furan rings is 1. The van der Waals surface area contributed by atoms with E-state index in [0.29, 0.717) is 22.5 Å². The van der Waals surface area contributed by atoms with Gasteiger partial charge in [-0.1, -0.05) is 18.2 Å². The Hall–Kier alpha value is -3.58. The molecule has 1 aromatic carbocycles. The van der Waals surface area contributed by atoms with Crippen molar-refractivity contribution >= 4 is 24.7 Å². The highest BCUT2D eigenvalue weighted by atomic mass is 31.2.